The van der Waals surface area contributed by atoms with Crippen molar-refractivity contribution in [1.82, 2.24) is 5.32 Å². The molecule has 3 aromatic rings. The number of fused-ring (bicyclic) bond motifs is 1. The lowest BCUT2D eigenvalue weighted by Gasteiger charge is -2.03. The Morgan fingerprint density at radius 1 is 1.10 bits per heavy atom. The van der Waals surface area contributed by atoms with E-state index in [1.54, 1.807) is 0 Å². The summed E-state index contributed by atoms with van der Waals surface area (Å²) in [5.74, 6) is 0.957. The maximum absolute atomic E-state index is 6.42. The number of hydrogen-bond acceptors (Lipinski definition) is 2. The summed E-state index contributed by atoms with van der Waals surface area (Å²) < 4.78 is 5.93. The predicted octanol–water partition coefficient (Wildman–Crippen LogP) is 5.17. The minimum Gasteiger partial charge on any atom is -0.458 e. The zero-order valence-electron chi connectivity index (χ0n) is 12.2. The Labute approximate surface area is 129 Å². The van der Waals surface area contributed by atoms with Gasteiger partial charge < -0.3 is 9.73 Å². The van der Waals surface area contributed by atoms with Gasteiger partial charge in [-0.1, -0.05) is 48.9 Å². The van der Waals surface area contributed by atoms with Crippen LogP contribution in [-0.2, 0) is 6.54 Å². The molecule has 0 spiro atoms. The third kappa shape index (κ3) is 2.69. The second-order valence-corrected chi connectivity index (χ2v) is 5.54. The molecule has 1 N–H and O–H groups in total. The Hall–Kier alpha value is -1.77. The molecule has 0 atom stereocenters. The van der Waals surface area contributed by atoms with Crippen molar-refractivity contribution in [2.24, 2.45) is 0 Å². The number of aryl methyl sites for hydroxylation is 1. The van der Waals surface area contributed by atoms with Crippen molar-refractivity contribution in [1.29, 1.82) is 0 Å². The smallest absolute Gasteiger partial charge is 0.153 e. The molecule has 0 fully saturated rings. The first-order valence-electron chi connectivity index (χ1n) is 7.18. The number of furan rings is 1. The molecule has 0 radical (unpaired) electrons. The number of halogens is 1. The van der Waals surface area contributed by atoms with Crippen LogP contribution in [0.25, 0.3) is 22.1 Å². The molecule has 2 nitrogen and oxygen atoms in total. The summed E-state index contributed by atoms with van der Waals surface area (Å²) in [6.07, 6.45) is 0. The molecule has 3 rings (SSSR count). The lowest BCUT2D eigenvalue weighted by molar-refractivity contribution is 0.516. The topological polar surface area (TPSA) is 25.2 Å². The second kappa shape index (κ2) is 5.92. The van der Waals surface area contributed by atoms with Crippen molar-refractivity contribution in [3.8, 4) is 11.1 Å². The van der Waals surface area contributed by atoms with Gasteiger partial charge in [-0.2, -0.15) is 0 Å². The molecule has 0 unspecified atom stereocenters. The molecular weight excluding hydrogens is 282 g/mol. The number of nitrogens with one attached hydrogen (secondary N) is 1. The summed E-state index contributed by atoms with van der Waals surface area (Å²) in [4.78, 5) is 0. The summed E-state index contributed by atoms with van der Waals surface area (Å²) >= 11 is 6.42. The molecule has 1 heterocycles. The SMILES string of the molecule is CCNCc1oc2c(Cl)cc(-c3ccccc3)cc2c1C. The predicted molar refractivity (Wildman–Crippen MR) is 88.8 cm³/mol. The van der Waals surface area contributed by atoms with Crippen molar-refractivity contribution < 1.29 is 4.42 Å². The maximum atomic E-state index is 6.42. The van der Waals surface area contributed by atoms with Crippen LogP contribution in [0.1, 0.15) is 18.2 Å². The molecule has 0 aliphatic heterocycles. The Morgan fingerprint density at radius 2 is 1.86 bits per heavy atom. The Balaban J connectivity index is 2.13. The van der Waals surface area contributed by atoms with Crippen LogP contribution in [0.4, 0.5) is 0 Å². The quantitative estimate of drug-likeness (QED) is 0.719. The summed E-state index contributed by atoms with van der Waals surface area (Å²) in [7, 11) is 0. The van der Waals surface area contributed by atoms with Crippen LogP contribution in [0.2, 0.25) is 5.02 Å². The standard InChI is InChI=1S/C18H18ClNO/c1-3-20-11-17-12(2)15-9-14(10-16(19)18(15)21-17)13-7-5-4-6-8-13/h4-10,20H,3,11H2,1-2H3. The Morgan fingerprint density at radius 3 is 2.57 bits per heavy atom. The van der Waals surface area contributed by atoms with Gasteiger partial charge in [0.15, 0.2) is 5.58 Å². The molecule has 0 amide bonds. The summed E-state index contributed by atoms with van der Waals surface area (Å²) in [6.45, 7) is 5.82. The first kappa shape index (κ1) is 14.2. The van der Waals surface area contributed by atoms with Crippen LogP contribution in [0.3, 0.4) is 0 Å². The van der Waals surface area contributed by atoms with Crippen molar-refractivity contribution in [3.63, 3.8) is 0 Å². The minimum atomic E-state index is 0.664. The Kier molecular flexibility index (Phi) is 4.00. The van der Waals surface area contributed by atoms with Crippen LogP contribution < -0.4 is 5.32 Å². The monoisotopic (exact) mass is 299 g/mol. The molecule has 108 valence electrons. The van der Waals surface area contributed by atoms with Crippen LogP contribution in [0.15, 0.2) is 46.9 Å². The van der Waals surface area contributed by atoms with E-state index in [2.05, 4.69) is 37.4 Å². The molecule has 0 aliphatic carbocycles. The normalized spacial score (nSPS) is 11.2. The van der Waals surface area contributed by atoms with Crippen LogP contribution in [-0.4, -0.2) is 6.54 Å². The van der Waals surface area contributed by atoms with E-state index in [0.717, 1.165) is 46.5 Å². The maximum Gasteiger partial charge on any atom is 0.153 e. The van der Waals surface area contributed by atoms with Crippen molar-refractivity contribution in [2.45, 2.75) is 20.4 Å². The third-order valence-corrected chi connectivity index (χ3v) is 4.01. The van der Waals surface area contributed by atoms with Gasteiger partial charge in [-0.15, -0.1) is 0 Å². The van der Waals surface area contributed by atoms with Gasteiger partial charge in [0.25, 0.3) is 0 Å². The van der Waals surface area contributed by atoms with E-state index in [1.165, 1.54) is 0 Å². The van der Waals surface area contributed by atoms with Crippen molar-refractivity contribution >= 4 is 22.6 Å². The van der Waals surface area contributed by atoms with Gasteiger partial charge in [0, 0.05) is 5.39 Å². The molecular formula is C18H18ClNO. The van der Waals surface area contributed by atoms with E-state index in [1.807, 2.05) is 24.3 Å². The zero-order valence-corrected chi connectivity index (χ0v) is 13.0. The summed E-state index contributed by atoms with van der Waals surface area (Å²) in [5, 5.41) is 5.05. The Bertz CT molecular complexity index is 762. The second-order valence-electron chi connectivity index (χ2n) is 5.13. The molecule has 0 saturated heterocycles. The fraction of sp³-hybridized carbons (Fsp3) is 0.222. The molecule has 0 saturated carbocycles. The van der Waals surface area contributed by atoms with Crippen LogP contribution >= 0.6 is 11.6 Å². The van der Waals surface area contributed by atoms with Crippen molar-refractivity contribution in [3.05, 3.63) is 58.8 Å². The van der Waals surface area contributed by atoms with Gasteiger partial charge in [0.05, 0.1) is 11.6 Å². The van der Waals surface area contributed by atoms with Crippen molar-refractivity contribution in [2.75, 3.05) is 6.54 Å². The average Bonchev–Trinajstić information content (AvgIpc) is 2.83. The fourth-order valence-corrected chi connectivity index (χ4v) is 2.79. The summed E-state index contributed by atoms with van der Waals surface area (Å²) in [6, 6.07) is 14.4. The van der Waals surface area contributed by atoms with E-state index in [-0.39, 0.29) is 0 Å². The highest BCUT2D eigenvalue weighted by atomic mass is 35.5. The number of benzene rings is 2. The van der Waals surface area contributed by atoms with Gasteiger partial charge in [-0.25, -0.2) is 0 Å². The highest BCUT2D eigenvalue weighted by Crippen LogP contribution is 2.35. The first-order valence-corrected chi connectivity index (χ1v) is 7.56. The number of rotatable bonds is 4. The molecule has 2 aromatic carbocycles. The van der Waals surface area contributed by atoms with Gasteiger partial charge >= 0.3 is 0 Å². The van der Waals surface area contributed by atoms with Gasteiger partial charge in [-0.05, 0) is 42.3 Å². The van der Waals surface area contributed by atoms with Gasteiger partial charge in [-0.3, -0.25) is 0 Å². The molecule has 0 aliphatic rings. The van der Waals surface area contributed by atoms with Crippen LogP contribution in [0, 0.1) is 6.92 Å². The lowest BCUT2D eigenvalue weighted by Crippen LogP contribution is -2.11. The van der Waals surface area contributed by atoms with Crippen LogP contribution in [0.5, 0.6) is 0 Å². The average molecular weight is 300 g/mol. The highest BCUT2D eigenvalue weighted by Gasteiger charge is 2.14. The lowest BCUT2D eigenvalue weighted by atomic mass is 10.0. The van der Waals surface area contributed by atoms with E-state index in [0.29, 0.717) is 5.02 Å². The molecule has 21 heavy (non-hydrogen) atoms. The summed E-state index contributed by atoms with van der Waals surface area (Å²) in [5.41, 5.74) is 4.22. The molecule has 3 heteroatoms. The molecule has 0 bridgehead atoms. The fourth-order valence-electron chi connectivity index (χ4n) is 2.53. The third-order valence-electron chi connectivity index (χ3n) is 3.73. The largest absolute Gasteiger partial charge is 0.458 e. The zero-order chi connectivity index (χ0) is 14.8. The highest BCUT2D eigenvalue weighted by molar-refractivity contribution is 6.35. The minimum absolute atomic E-state index is 0.664. The van der Waals surface area contributed by atoms with Gasteiger partial charge in [0.1, 0.15) is 5.76 Å². The van der Waals surface area contributed by atoms with E-state index in [9.17, 15) is 0 Å². The number of hydrogen-bond donors (Lipinski definition) is 1. The first-order chi connectivity index (χ1) is 10.2. The van der Waals surface area contributed by atoms with E-state index < -0.39 is 0 Å². The van der Waals surface area contributed by atoms with E-state index >= 15 is 0 Å². The van der Waals surface area contributed by atoms with E-state index in [4.69, 9.17) is 16.0 Å². The van der Waals surface area contributed by atoms with Gasteiger partial charge in [0.2, 0.25) is 0 Å². The molecule has 1 aromatic heterocycles.